The molecule has 1 rings (SSSR count). The Bertz CT molecular complexity index is 67.3. The van der Waals surface area contributed by atoms with Crippen molar-refractivity contribution >= 4 is 22.6 Å². The fraction of sp³-hybridized carbons (Fsp3) is 1.00. The van der Waals surface area contributed by atoms with E-state index >= 15 is 0 Å². The predicted molar refractivity (Wildman–Crippen MR) is 47.1 cm³/mol. The van der Waals surface area contributed by atoms with Gasteiger partial charge in [0, 0.05) is 11.0 Å². The largest absolute Gasteiger partial charge is 0.377 e. The van der Waals surface area contributed by atoms with E-state index in [4.69, 9.17) is 4.74 Å². The lowest BCUT2D eigenvalue weighted by molar-refractivity contribution is 0.0774. The van der Waals surface area contributed by atoms with Crippen molar-refractivity contribution in [3.05, 3.63) is 0 Å². The number of rotatable bonds is 1. The molecule has 54 valence electrons. The summed E-state index contributed by atoms with van der Waals surface area (Å²) >= 11 is 2.40. The van der Waals surface area contributed by atoms with Crippen LogP contribution in [0.25, 0.3) is 0 Å². The lowest BCUT2D eigenvalue weighted by atomic mass is 10.2. The third-order valence-electron chi connectivity index (χ3n) is 1.70. The highest BCUT2D eigenvalue weighted by Crippen LogP contribution is 2.14. The Labute approximate surface area is 70.3 Å². The van der Waals surface area contributed by atoms with Gasteiger partial charge in [-0.3, -0.25) is 0 Å². The smallest absolute Gasteiger partial charge is 0.0664 e. The van der Waals surface area contributed by atoms with Crippen LogP contribution >= 0.6 is 22.6 Å². The van der Waals surface area contributed by atoms with Crippen LogP contribution < -0.4 is 0 Å². The van der Waals surface area contributed by atoms with Crippen molar-refractivity contribution in [2.24, 2.45) is 0 Å². The molecule has 1 aliphatic rings. The molecule has 0 aromatic rings. The Morgan fingerprint density at radius 2 is 2.22 bits per heavy atom. The molecule has 0 amide bonds. The molecule has 1 aliphatic heterocycles. The second-order valence-corrected chi connectivity index (χ2v) is 3.38. The van der Waals surface area contributed by atoms with Crippen molar-refractivity contribution in [3.63, 3.8) is 0 Å². The van der Waals surface area contributed by atoms with Crippen LogP contribution in [-0.2, 0) is 4.74 Å². The van der Waals surface area contributed by atoms with E-state index in [9.17, 15) is 0 Å². The molecule has 0 radical (unpaired) electrons. The molecule has 1 heterocycles. The monoisotopic (exact) mass is 240 g/mol. The lowest BCUT2D eigenvalue weighted by Crippen LogP contribution is -2.12. The van der Waals surface area contributed by atoms with Gasteiger partial charge in [0.1, 0.15) is 0 Å². The zero-order chi connectivity index (χ0) is 6.53. The summed E-state index contributed by atoms with van der Waals surface area (Å²) in [6.07, 6.45) is 5.85. The molecule has 1 atom stereocenters. The van der Waals surface area contributed by atoms with Crippen molar-refractivity contribution in [2.75, 3.05) is 11.0 Å². The summed E-state index contributed by atoms with van der Waals surface area (Å²) in [5.74, 6) is 0. The van der Waals surface area contributed by atoms with Gasteiger partial charge < -0.3 is 4.74 Å². The van der Waals surface area contributed by atoms with Gasteiger partial charge in [-0.15, -0.1) is 0 Å². The summed E-state index contributed by atoms with van der Waals surface area (Å²) < 4.78 is 6.71. The highest BCUT2D eigenvalue weighted by Gasteiger charge is 2.09. The van der Waals surface area contributed by atoms with E-state index in [1.807, 2.05) is 0 Å². The van der Waals surface area contributed by atoms with Gasteiger partial charge in [0.05, 0.1) is 6.10 Å². The second-order valence-electron chi connectivity index (χ2n) is 2.50. The Kier molecular flexibility index (Phi) is 3.89. The fourth-order valence-corrected chi connectivity index (χ4v) is 1.80. The van der Waals surface area contributed by atoms with E-state index in [0.717, 1.165) is 11.0 Å². The van der Waals surface area contributed by atoms with E-state index in [1.165, 1.54) is 25.7 Å². The average Bonchev–Trinajstić information content (AvgIpc) is 2.13. The van der Waals surface area contributed by atoms with Gasteiger partial charge in [-0.1, -0.05) is 35.4 Å². The highest BCUT2D eigenvalue weighted by atomic mass is 127. The minimum Gasteiger partial charge on any atom is -0.377 e. The van der Waals surface area contributed by atoms with Crippen LogP contribution in [-0.4, -0.2) is 17.1 Å². The molecule has 0 aliphatic carbocycles. The molecule has 1 nitrogen and oxygen atoms in total. The van der Waals surface area contributed by atoms with Gasteiger partial charge >= 0.3 is 0 Å². The molecular weight excluding hydrogens is 227 g/mol. The molecular formula is C7H13IO. The first-order valence-electron chi connectivity index (χ1n) is 3.61. The fourth-order valence-electron chi connectivity index (χ4n) is 1.11. The molecule has 9 heavy (non-hydrogen) atoms. The van der Waals surface area contributed by atoms with Crippen molar-refractivity contribution in [1.29, 1.82) is 0 Å². The molecule has 1 unspecified atom stereocenters. The Morgan fingerprint density at radius 1 is 1.33 bits per heavy atom. The Balaban J connectivity index is 2.18. The van der Waals surface area contributed by atoms with E-state index < -0.39 is 0 Å². The second kappa shape index (κ2) is 4.50. The van der Waals surface area contributed by atoms with Gasteiger partial charge in [-0.25, -0.2) is 0 Å². The third-order valence-corrected chi connectivity index (χ3v) is 2.68. The minimum absolute atomic E-state index is 0.563. The van der Waals surface area contributed by atoms with Gasteiger partial charge in [-0.05, 0) is 12.8 Å². The van der Waals surface area contributed by atoms with Gasteiger partial charge in [0.15, 0.2) is 0 Å². The number of alkyl halides is 1. The molecule has 1 saturated heterocycles. The van der Waals surface area contributed by atoms with E-state index in [-0.39, 0.29) is 0 Å². The van der Waals surface area contributed by atoms with Crippen LogP contribution in [0.3, 0.4) is 0 Å². The van der Waals surface area contributed by atoms with Crippen molar-refractivity contribution in [2.45, 2.75) is 31.8 Å². The zero-order valence-corrected chi connectivity index (χ0v) is 7.76. The SMILES string of the molecule is ICC1CCCCCO1. The normalized spacial score (nSPS) is 29.7. The molecule has 0 N–H and O–H groups in total. The maximum Gasteiger partial charge on any atom is 0.0664 e. The molecule has 0 spiro atoms. The predicted octanol–water partition coefficient (Wildman–Crippen LogP) is 2.38. The summed E-state index contributed by atoms with van der Waals surface area (Å²) in [6, 6.07) is 0. The van der Waals surface area contributed by atoms with Gasteiger partial charge in [-0.2, -0.15) is 0 Å². The van der Waals surface area contributed by atoms with Crippen LogP contribution in [0.1, 0.15) is 25.7 Å². The molecule has 1 fully saturated rings. The number of hydrogen-bond acceptors (Lipinski definition) is 1. The molecule has 0 bridgehead atoms. The van der Waals surface area contributed by atoms with Crippen molar-refractivity contribution < 1.29 is 4.74 Å². The summed E-state index contributed by atoms with van der Waals surface area (Å²) in [6.45, 7) is 0.994. The Morgan fingerprint density at radius 3 is 3.00 bits per heavy atom. The summed E-state index contributed by atoms with van der Waals surface area (Å²) in [4.78, 5) is 0. The topological polar surface area (TPSA) is 9.23 Å². The zero-order valence-electron chi connectivity index (χ0n) is 5.61. The van der Waals surface area contributed by atoms with Crippen LogP contribution in [0.5, 0.6) is 0 Å². The average molecular weight is 240 g/mol. The van der Waals surface area contributed by atoms with Gasteiger partial charge in [0.25, 0.3) is 0 Å². The molecule has 0 aromatic carbocycles. The summed E-state index contributed by atoms with van der Waals surface area (Å²) in [5.41, 5.74) is 0. The summed E-state index contributed by atoms with van der Waals surface area (Å²) in [5, 5.41) is 0. The van der Waals surface area contributed by atoms with E-state index in [0.29, 0.717) is 6.10 Å². The highest BCUT2D eigenvalue weighted by molar-refractivity contribution is 14.1. The van der Waals surface area contributed by atoms with E-state index in [1.54, 1.807) is 0 Å². The van der Waals surface area contributed by atoms with Crippen LogP contribution in [0, 0.1) is 0 Å². The quantitative estimate of drug-likeness (QED) is 0.505. The van der Waals surface area contributed by atoms with Crippen molar-refractivity contribution in [3.8, 4) is 0 Å². The van der Waals surface area contributed by atoms with Crippen LogP contribution in [0.4, 0.5) is 0 Å². The standard InChI is InChI=1S/C7H13IO/c8-6-7-4-2-1-3-5-9-7/h7H,1-6H2. The lowest BCUT2D eigenvalue weighted by Gasteiger charge is -2.09. The molecule has 2 heteroatoms. The maximum absolute atomic E-state index is 5.54. The first-order chi connectivity index (χ1) is 4.43. The first-order valence-corrected chi connectivity index (χ1v) is 5.13. The first kappa shape index (κ1) is 7.79. The summed E-state index contributed by atoms with van der Waals surface area (Å²) in [7, 11) is 0. The van der Waals surface area contributed by atoms with E-state index in [2.05, 4.69) is 22.6 Å². The number of hydrogen-bond donors (Lipinski definition) is 0. The van der Waals surface area contributed by atoms with Crippen molar-refractivity contribution in [1.82, 2.24) is 0 Å². The minimum atomic E-state index is 0.563. The Hall–Kier alpha value is 0.690. The van der Waals surface area contributed by atoms with Crippen LogP contribution in [0.15, 0.2) is 0 Å². The van der Waals surface area contributed by atoms with Gasteiger partial charge in [0.2, 0.25) is 0 Å². The number of halogens is 1. The maximum atomic E-state index is 5.54. The number of ether oxygens (including phenoxy) is 1. The molecule has 0 saturated carbocycles. The molecule has 0 aromatic heterocycles. The van der Waals surface area contributed by atoms with Crippen LogP contribution in [0.2, 0.25) is 0 Å². The third kappa shape index (κ3) is 2.85.